The van der Waals surface area contributed by atoms with Crippen LogP contribution in [0.15, 0.2) is 18.2 Å². The number of carbonyl (C=O) groups excluding carboxylic acids is 1. The van der Waals surface area contributed by atoms with Gasteiger partial charge in [-0.25, -0.2) is 0 Å². The lowest BCUT2D eigenvalue weighted by atomic mass is 9.95. The minimum absolute atomic E-state index is 0.133. The van der Waals surface area contributed by atoms with Crippen LogP contribution < -0.4 is 14.8 Å². The second-order valence-electron chi connectivity index (χ2n) is 8.61. The molecule has 1 fully saturated rings. The molecule has 1 aliphatic rings. The average Bonchev–Trinajstić information content (AvgIpc) is 3.03. The molecule has 0 spiro atoms. The van der Waals surface area contributed by atoms with Gasteiger partial charge in [0, 0.05) is 29.9 Å². The van der Waals surface area contributed by atoms with Crippen molar-refractivity contribution in [3.05, 3.63) is 40.6 Å². The van der Waals surface area contributed by atoms with E-state index in [2.05, 4.69) is 16.0 Å². The number of anilines is 1. The normalized spacial score (nSPS) is 14.3. The van der Waals surface area contributed by atoms with E-state index >= 15 is 0 Å². The van der Waals surface area contributed by atoms with Gasteiger partial charge in [0.25, 0.3) is 0 Å². The first-order valence-corrected chi connectivity index (χ1v) is 11.2. The highest BCUT2D eigenvalue weighted by molar-refractivity contribution is 5.93. The van der Waals surface area contributed by atoms with E-state index in [0.29, 0.717) is 24.0 Å². The number of benzene rings is 1. The zero-order valence-corrected chi connectivity index (χ0v) is 19.8. The number of nitriles is 1. The first-order chi connectivity index (χ1) is 15.4. The van der Waals surface area contributed by atoms with Gasteiger partial charge < -0.3 is 19.4 Å². The predicted molar refractivity (Wildman–Crippen MR) is 125 cm³/mol. The Bertz CT molecular complexity index is 1000. The average molecular weight is 439 g/mol. The molecule has 1 aliphatic carbocycles. The summed E-state index contributed by atoms with van der Waals surface area (Å²) >= 11 is 0. The third-order valence-corrected chi connectivity index (χ3v) is 6.41. The molecule has 0 saturated heterocycles. The van der Waals surface area contributed by atoms with Crippen molar-refractivity contribution < 1.29 is 14.3 Å². The van der Waals surface area contributed by atoms with Gasteiger partial charge in [0.2, 0.25) is 5.91 Å². The van der Waals surface area contributed by atoms with E-state index in [1.165, 1.54) is 19.3 Å². The van der Waals surface area contributed by atoms with Crippen molar-refractivity contribution in [1.82, 2.24) is 9.47 Å². The molecule has 1 saturated carbocycles. The number of carbonyl (C=O) groups is 1. The third-order valence-electron chi connectivity index (χ3n) is 6.41. The molecule has 1 amide bonds. The quantitative estimate of drug-likeness (QED) is 0.653. The second-order valence-corrected chi connectivity index (χ2v) is 8.61. The zero-order chi connectivity index (χ0) is 23.3. The number of hydrogen-bond donors (Lipinski definition) is 1. The molecule has 1 heterocycles. The van der Waals surface area contributed by atoms with Crippen molar-refractivity contribution in [2.75, 3.05) is 33.1 Å². The number of ether oxygens (including phenoxy) is 2. The Hall–Kier alpha value is -2.98. The number of methoxy groups -OCH3 is 2. The first-order valence-electron chi connectivity index (χ1n) is 11.2. The van der Waals surface area contributed by atoms with Crippen LogP contribution in [0, 0.1) is 25.2 Å². The van der Waals surface area contributed by atoms with Crippen molar-refractivity contribution in [3.8, 4) is 17.6 Å². The van der Waals surface area contributed by atoms with Gasteiger partial charge >= 0.3 is 0 Å². The highest BCUT2D eigenvalue weighted by Crippen LogP contribution is 2.36. The highest BCUT2D eigenvalue weighted by Gasteiger charge is 2.26. The molecule has 1 aromatic carbocycles. The standard InChI is InChI=1S/C25H34N4O3/c1-17-18(2)29(20-9-7-6-8-10-20)25(22(17)14-26)27-24(30)16-28(3)15-19-11-12-21(31-4)13-23(19)32-5/h11-13,20H,6-10,15-16H2,1-5H3,(H,27,30). The Kier molecular flexibility index (Phi) is 7.81. The Morgan fingerprint density at radius 2 is 1.94 bits per heavy atom. The van der Waals surface area contributed by atoms with Gasteiger partial charge in [-0.05, 0) is 45.4 Å². The number of likely N-dealkylation sites (N-methyl/N-ethyl adjacent to an activating group) is 1. The molecule has 7 heteroatoms. The molecule has 32 heavy (non-hydrogen) atoms. The van der Waals surface area contributed by atoms with Crippen LogP contribution in [0.2, 0.25) is 0 Å². The molecule has 1 aromatic heterocycles. The zero-order valence-electron chi connectivity index (χ0n) is 19.8. The Balaban J connectivity index is 1.75. The summed E-state index contributed by atoms with van der Waals surface area (Å²) in [5.74, 6) is 1.96. The molecule has 0 aliphatic heterocycles. The monoisotopic (exact) mass is 438 g/mol. The topological polar surface area (TPSA) is 79.5 Å². The van der Waals surface area contributed by atoms with Gasteiger partial charge in [-0.15, -0.1) is 0 Å². The summed E-state index contributed by atoms with van der Waals surface area (Å²) in [5, 5.41) is 12.8. The van der Waals surface area contributed by atoms with Crippen molar-refractivity contribution in [2.45, 2.75) is 58.5 Å². The summed E-state index contributed by atoms with van der Waals surface area (Å²) < 4.78 is 12.9. The molecule has 0 atom stereocenters. The molecule has 2 aromatic rings. The van der Waals surface area contributed by atoms with Crippen molar-refractivity contribution in [1.29, 1.82) is 5.26 Å². The van der Waals surface area contributed by atoms with Crippen LogP contribution in [0.5, 0.6) is 11.5 Å². The Morgan fingerprint density at radius 3 is 2.56 bits per heavy atom. The summed E-state index contributed by atoms with van der Waals surface area (Å²) in [7, 11) is 5.14. The van der Waals surface area contributed by atoms with Crippen molar-refractivity contribution in [3.63, 3.8) is 0 Å². The van der Waals surface area contributed by atoms with E-state index in [0.717, 1.165) is 41.2 Å². The van der Waals surface area contributed by atoms with Crippen LogP contribution in [0.1, 0.15) is 60.5 Å². The van der Waals surface area contributed by atoms with Gasteiger partial charge in [0.1, 0.15) is 23.4 Å². The number of amides is 1. The summed E-state index contributed by atoms with van der Waals surface area (Å²) in [4.78, 5) is 14.9. The van der Waals surface area contributed by atoms with E-state index in [9.17, 15) is 10.1 Å². The first kappa shape index (κ1) is 23.7. The SMILES string of the molecule is COc1ccc(CN(C)CC(=O)Nc2c(C#N)c(C)c(C)n2C2CCCCC2)c(OC)c1. The lowest BCUT2D eigenvalue weighted by molar-refractivity contribution is -0.117. The third kappa shape index (κ3) is 5.08. The molecular weight excluding hydrogens is 404 g/mol. The van der Waals surface area contributed by atoms with Gasteiger partial charge in [0.15, 0.2) is 0 Å². The van der Waals surface area contributed by atoms with Crippen LogP contribution in [-0.4, -0.2) is 43.2 Å². The molecule has 7 nitrogen and oxygen atoms in total. The molecule has 172 valence electrons. The lowest BCUT2D eigenvalue weighted by Gasteiger charge is -2.27. The van der Waals surface area contributed by atoms with Crippen LogP contribution in [0.3, 0.4) is 0 Å². The minimum atomic E-state index is -0.133. The second kappa shape index (κ2) is 10.6. The predicted octanol–water partition coefficient (Wildman–Crippen LogP) is 4.57. The Morgan fingerprint density at radius 1 is 1.22 bits per heavy atom. The fourth-order valence-corrected chi connectivity index (χ4v) is 4.63. The molecule has 0 unspecified atom stereocenters. The number of rotatable bonds is 8. The molecule has 0 bridgehead atoms. The van der Waals surface area contributed by atoms with Gasteiger partial charge in [-0.2, -0.15) is 5.26 Å². The van der Waals surface area contributed by atoms with E-state index in [4.69, 9.17) is 9.47 Å². The van der Waals surface area contributed by atoms with Crippen LogP contribution in [-0.2, 0) is 11.3 Å². The van der Waals surface area contributed by atoms with E-state index in [1.54, 1.807) is 14.2 Å². The largest absolute Gasteiger partial charge is 0.497 e. The maximum Gasteiger partial charge on any atom is 0.239 e. The number of aromatic nitrogens is 1. The van der Waals surface area contributed by atoms with Gasteiger partial charge in [-0.3, -0.25) is 9.69 Å². The Labute approximate surface area is 190 Å². The number of nitrogens with one attached hydrogen (secondary N) is 1. The minimum Gasteiger partial charge on any atom is -0.497 e. The lowest BCUT2D eigenvalue weighted by Crippen LogP contribution is -2.31. The maximum absolute atomic E-state index is 13.0. The van der Waals surface area contributed by atoms with Gasteiger partial charge in [0.05, 0.1) is 26.3 Å². The van der Waals surface area contributed by atoms with Crippen molar-refractivity contribution >= 4 is 11.7 Å². The summed E-state index contributed by atoms with van der Waals surface area (Å²) in [6.45, 7) is 4.76. The highest BCUT2D eigenvalue weighted by atomic mass is 16.5. The number of nitrogens with zero attached hydrogens (tertiary/aromatic N) is 3. The molecule has 3 rings (SSSR count). The molecular formula is C25H34N4O3. The van der Waals surface area contributed by atoms with Crippen LogP contribution in [0.25, 0.3) is 0 Å². The molecule has 0 radical (unpaired) electrons. The van der Waals surface area contributed by atoms with E-state index < -0.39 is 0 Å². The van der Waals surface area contributed by atoms with Crippen LogP contribution in [0.4, 0.5) is 5.82 Å². The fourth-order valence-electron chi connectivity index (χ4n) is 4.63. The fraction of sp³-hybridized carbons (Fsp3) is 0.520. The van der Waals surface area contributed by atoms with Crippen molar-refractivity contribution in [2.24, 2.45) is 0 Å². The summed E-state index contributed by atoms with van der Waals surface area (Å²) in [6.07, 6.45) is 5.79. The molecule has 1 N–H and O–H groups in total. The summed E-state index contributed by atoms with van der Waals surface area (Å²) in [5.41, 5.74) is 3.56. The van der Waals surface area contributed by atoms with E-state index in [-0.39, 0.29) is 12.5 Å². The number of hydrogen-bond acceptors (Lipinski definition) is 5. The smallest absolute Gasteiger partial charge is 0.239 e. The van der Waals surface area contributed by atoms with Crippen LogP contribution >= 0.6 is 0 Å². The maximum atomic E-state index is 13.0. The summed E-state index contributed by atoms with van der Waals surface area (Å²) in [6, 6.07) is 8.31. The van der Waals surface area contributed by atoms with E-state index in [1.807, 2.05) is 44.0 Å². The van der Waals surface area contributed by atoms with Gasteiger partial charge in [-0.1, -0.05) is 25.3 Å².